The van der Waals surface area contributed by atoms with Gasteiger partial charge in [-0.3, -0.25) is 14.0 Å². The number of aryl methyl sites for hydroxylation is 1. The monoisotopic (exact) mass is 437 g/mol. The van der Waals surface area contributed by atoms with Crippen molar-refractivity contribution in [3.8, 4) is 0 Å². The van der Waals surface area contributed by atoms with E-state index >= 15 is 0 Å². The number of pyridine rings is 1. The van der Waals surface area contributed by atoms with E-state index in [-0.39, 0.29) is 11.3 Å². The molecule has 1 amide bonds. The molecule has 152 valence electrons. The van der Waals surface area contributed by atoms with E-state index in [1.165, 1.54) is 35.7 Å². The second kappa shape index (κ2) is 9.27. The topological polar surface area (TPSA) is 107 Å². The standard InChI is InChI=1S/C18H16F2N4O3S2/c1-10-21-8-13(28-10)9-23-18(25)16-5-3-12(7-22-16)17(24-29(26)27)11-2-4-14(19)15(20)6-11/h2-8,17,24H,9H2,1H3,(H,23,25)(H,26,27)/p-1. The average molecular weight is 437 g/mol. The van der Waals surface area contributed by atoms with Crippen molar-refractivity contribution < 1.29 is 22.3 Å². The number of nitrogens with one attached hydrogen (secondary N) is 2. The normalized spacial score (nSPS) is 13.1. The van der Waals surface area contributed by atoms with Crippen LogP contribution < -0.4 is 10.0 Å². The Labute approximate surface area is 171 Å². The van der Waals surface area contributed by atoms with Gasteiger partial charge in [0.05, 0.1) is 17.6 Å². The van der Waals surface area contributed by atoms with Crippen LogP contribution in [0.1, 0.15) is 37.5 Å². The van der Waals surface area contributed by atoms with Crippen LogP contribution in [0.2, 0.25) is 0 Å². The predicted octanol–water partition coefficient (Wildman–Crippen LogP) is 2.53. The Bertz CT molecular complexity index is 1040. The number of thiazole rings is 1. The van der Waals surface area contributed by atoms with Crippen LogP contribution in [0.4, 0.5) is 8.78 Å². The summed E-state index contributed by atoms with van der Waals surface area (Å²) in [6, 6.07) is 4.99. The molecule has 0 radical (unpaired) electrons. The first-order valence-electron chi connectivity index (χ1n) is 8.29. The summed E-state index contributed by atoms with van der Waals surface area (Å²) in [5, 5.41) is 3.61. The molecule has 3 aromatic rings. The lowest BCUT2D eigenvalue weighted by molar-refractivity contribution is 0.0946. The molecule has 11 heteroatoms. The first-order chi connectivity index (χ1) is 13.8. The van der Waals surface area contributed by atoms with Crippen molar-refractivity contribution in [2.45, 2.75) is 19.5 Å². The van der Waals surface area contributed by atoms with Gasteiger partial charge >= 0.3 is 0 Å². The van der Waals surface area contributed by atoms with Crippen LogP contribution in [0.15, 0.2) is 42.7 Å². The summed E-state index contributed by atoms with van der Waals surface area (Å²) < 4.78 is 51.3. The van der Waals surface area contributed by atoms with Gasteiger partial charge in [0.1, 0.15) is 5.69 Å². The van der Waals surface area contributed by atoms with Crippen LogP contribution >= 0.6 is 11.3 Å². The Balaban J connectivity index is 1.76. The maximum atomic E-state index is 13.6. The van der Waals surface area contributed by atoms with Gasteiger partial charge in [0.2, 0.25) is 0 Å². The van der Waals surface area contributed by atoms with Gasteiger partial charge in [-0.2, -0.15) is 0 Å². The third-order valence-corrected chi connectivity index (χ3v) is 5.28. The van der Waals surface area contributed by atoms with Crippen molar-refractivity contribution in [1.29, 1.82) is 0 Å². The zero-order valence-electron chi connectivity index (χ0n) is 15.0. The summed E-state index contributed by atoms with van der Waals surface area (Å²) in [7, 11) is 0. The third kappa shape index (κ3) is 5.48. The molecular weight excluding hydrogens is 422 g/mol. The van der Waals surface area contributed by atoms with Crippen LogP contribution in [-0.4, -0.2) is 24.6 Å². The van der Waals surface area contributed by atoms with Crippen molar-refractivity contribution in [3.05, 3.63) is 81.1 Å². The fourth-order valence-corrected chi connectivity index (χ4v) is 3.77. The van der Waals surface area contributed by atoms with Crippen molar-refractivity contribution in [3.63, 3.8) is 0 Å². The highest BCUT2D eigenvalue weighted by atomic mass is 32.2. The molecule has 0 saturated heterocycles. The molecule has 7 nitrogen and oxygen atoms in total. The Morgan fingerprint density at radius 1 is 1.17 bits per heavy atom. The second-order valence-electron chi connectivity index (χ2n) is 5.96. The lowest BCUT2D eigenvalue weighted by atomic mass is 10.0. The van der Waals surface area contributed by atoms with Crippen LogP contribution in [0.25, 0.3) is 0 Å². The fraction of sp³-hybridized carbons (Fsp3) is 0.167. The highest BCUT2D eigenvalue weighted by Gasteiger charge is 2.18. The van der Waals surface area contributed by atoms with Crippen LogP contribution in [0, 0.1) is 18.6 Å². The van der Waals surface area contributed by atoms with E-state index in [9.17, 15) is 22.3 Å². The van der Waals surface area contributed by atoms with Gasteiger partial charge in [0.25, 0.3) is 5.91 Å². The summed E-state index contributed by atoms with van der Waals surface area (Å²) in [6.07, 6.45) is 2.98. The molecule has 2 heterocycles. The number of carbonyl (C=O) groups is 1. The summed E-state index contributed by atoms with van der Waals surface area (Å²) >= 11 is -1.21. The highest BCUT2D eigenvalue weighted by Crippen LogP contribution is 2.24. The number of aromatic nitrogens is 2. The van der Waals surface area contributed by atoms with E-state index in [1.54, 1.807) is 6.20 Å². The van der Waals surface area contributed by atoms with E-state index in [0.29, 0.717) is 12.1 Å². The van der Waals surface area contributed by atoms with Crippen LogP contribution in [-0.2, 0) is 17.8 Å². The SMILES string of the molecule is Cc1ncc(CNC(=O)c2ccc(C(NS(=O)[O-])c3ccc(F)c(F)c3)cn2)s1. The van der Waals surface area contributed by atoms with Gasteiger partial charge in [0.15, 0.2) is 11.6 Å². The Hall–Kier alpha value is -2.60. The van der Waals surface area contributed by atoms with E-state index in [0.717, 1.165) is 22.0 Å². The van der Waals surface area contributed by atoms with Crippen LogP contribution in [0.5, 0.6) is 0 Å². The third-order valence-electron chi connectivity index (χ3n) is 3.94. The van der Waals surface area contributed by atoms with Crippen LogP contribution in [0.3, 0.4) is 0 Å². The smallest absolute Gasteiger partial charge is 0.270 e. The molecule has 0 spiro atoms. The first-order valence-corrected chi connectivity index (χ1v) is 10.2. The first kappa shape index (κ1) is 21.1. The number of benzene rings is 1. The van der Waals surface area contributed by atoms with E-state index in [2.05, 4.69) is 20.0 Å². The molecule has 3 rings (SSSR count). The van der Waals surface area contributed by atoms with Gasteiger partial charge in [-0.15, -0.1) is 11.3 Å². The minimum Gasteiger partial charge on any atom is -0.760 e. The average Bonchev–Trinajstić information content (AvgIpc) is 3.12. The van der Waals surface area contributed by atoms with E-state index in [4.69, 9.17) is 0 Å². The van der Waals surface area contributed by atoms with Gasteiger partial charge in [-0.05, 0) is 36.2 Å². The molecule has 0 bridgehead atoms. The molecular formula is C18H15F2N4O3S2-. The molecule has 0 aliphatic heterocycles. The zero-order valence-corrected chi connectivity index (χ0v) is 16.7. The number of carbonyl (C=O) groups excluding carboxylic acids is 1. The predicted molar refractivity (Wildman–Crippen MR) is 103 cm³/mol. The van der Waals surface area contributed by atoms with E-state index < -0.39 is 34.8 Å². The maximum Gasteiger partial charge on any atom is 0.270 e. The Morgan fingerprint density at radius 2 is 1.93 bits per heavy atom. The van der Waals surface area contributed by atoms with Crippen molar-refractivity contribution in [1.82, 2.24) is 20.0 Å². The Kier molecular flexibility index (Phi) is 6.75. The lowest BCUT2D eigenvalue weighted by Crippen LogP contribution is -2.26. The number of nitrogens with zero attached hydrogens (tertiary/aromatic N) is 2. The number of rotatable bonds is 7. The molecule has 0 aliphatic carbocycles. The zero-order chi connectivity index (χ0) is 21.0. The molecule has 1 aromatic carbocycles. The summed E-state index contributed by atoms with van der Waals surface area (Å²) in [5.74, 6) is -2.56. The lowest BCUT2D eigenvalue weighted by Gasteiger charge is -2.21. The molecule has 0 saturated carbocycles. The fourth-order valence-electron chi connectivity index (χ4n) is 2.57. The number of amides is 1. The van der Waals surface area contributed by atoms with Crippen molar-refractivity contribution >= 4 is 28.5 Å². The van der Waals surface area contributed by atoms with Crippen molar-refractivity contribution in [2.24, 2.45) is 0 Å². The number of hydrogen-bond acceptors (Lipinski definition) is 6. The molecule has 2 aromatic heterocycles. The molecule has 2 unspecified atom stereocenters. The highest BCUT2D eigenvalue weighted by molar-refractivity contribution is 7.77. The quantitative estimate of drug-likeness (QED) is 0.553. The van der Waals surface area contributed by atoms with Crippen molar-refractivity contribution in [2.75, 3.05) is 0 Å². The summed E-state index contributed by atoms with van der Waals surface area (Å²) in [6.45, 7) is 2.17. The van der Waals surface area contributed by atoms with Gasteiger partial charge in [0, 0.05) is 28.5 Å². The molecule has 0 aliphatic rings. The summed E-state index contributed by atoms with van der Waals surface area (Å²) in [4.78, 5) is 21.3. The minimum absolute atomic E-state index is 0.127. The second-order valence-corrected chi connectivity index (χ2v) is 7.99. The largest absolute Gasteiger partial charge is 0.760 e. The molecule has 2 N–H and O–H groups in total. The van der Waals surface area contributed by atoms with Gasteiger partial charge in [-0.1, -0.05) is 12.1 Å². The maximum absolute atomic E-state index is 13.6. The van der Waals surface area contributed by atoms with Gasteiger partial charge < -0.3 is 9.87 Å². The Morgan fingerprint density at radius 3 is 2.52 bits per heavy atom. The summed E-state index contributed by atoms with van der Waals surface area (Å²) in [5.41, 5.74) is 0.671. The number of hydrogen-bond donors (Lipinski definition) is 2. The molecule has 29 heavy (non-hydrogen) atoms. The molecule has 2 atom stereocenters. The minimum atomic E-state index is -2.67. The van der Waals surface area contributed by atoms with Gasteiger partial charge in [-0.25, -0.2) is 18.5 Å². The number of halogens is 2. The molecule has 0 fully saturated rings. The van der Waals surface area contributed by atoms with E-state index in [1.807, 2.05) is 6.92 Å².